The van der Waals surface area contributed by atoms with Crippen molar-refractivity contribution in [2.75, 3.05) is 0 Å². The van der Waals surface area contributed by atoms with Crippen LogP contribution in [0.5, 0.6) is 0 Å². The maximum absolute atomic E-state index is 13.3. The Hall–Kier alpha value is -3.86. The molecule has 2 aromatic rings. The summed E-state index contributed by atoms with van der Waals surface area (Å²) in [7, 11) is 0. The van der Waals surface area contributed by atoms with Crippen molar-refractivity contribution in [2.24, 2.45) is 0 Å². The van der Waals surface area contributed by atoms with Crippen LogP contribution < -0.4 is 0 Å². The van der Waals surface area contributed by atoms with E-state index in [-0.39, 0.29) is 11.4 Å². The van der Waals surface area contributed by atoms with Crippen LogP contribution in [0, 0.1) is 22.7 Å². The quantitative estimate of drug-likeness (QED) is 0.410. The lowest BCUT2D eigenvalue weighted by atomic mass is 10.0. The van der Waals surface area contributed by atoms with E-state index in [4.69, 9.17) is 11.6 Å². The van der Waals surface area contributed by atoms with Crippen LogP contribution in [-0.4, -0.2) is 10.7 Å². The molecule has 0 N–H and O–H groups in total. The number of rotatable bonds is 4. The lowest BCUT2D eigenvalue weighted by Crippen LogP contribution is -2.24. The molecule has 0 amide bonds. The number of hydrogen-bond acceptors (Lipinski definition) is 4. The zero-order valence-corrected chi connectivity index (χ0v) is 15.5. The van der Waals surface area contributed by atoms with Gasteiger partial charge in [0.15, 0.2) is 5.57 Å². The largest absolute Gasteiger partial charge is 0.312 e. The molecule has 1 aliphatic rings. The normalized spacial score (nSPS) is 13.0. The number of carbonyl (C=O) groups excluding carboxylic acids is 1. The summed E-state index contributed by atoms with van der Waals surface area (Å²) in [5.41, 5.74) is 1.84. The molecule has 0 fully saturated rings. The Bertz CT molecular complexity index is 1080. The summed E-state index contributed by atoms with van der Waals surface area (Å²) in [5.74, 6) is -0.233. The van der Waals surface area contributed by atoms with Gasteiger partial charge >= 0.3 is 0 Å². The monoisotopic (exact) mass is 383 g/mol. The Morgan fingerprint density at radius 1 is 0.964 bits per heavy atom. The van der Waals surface area contributed by atoms with Gasteiger partial charge in [-0.3, -0.25) is 4.79 Å². The van der Waals surface area contributed by atoms with E-state index in [1.807, 2.05) is 18.2 Å². The van der Waals surface area contributed by atoms with E-state index < -0.39 is 0 Å². The van der Waals surface area contributed by atoms with E-state index in [9.17, 15) is 15.3 Å². The number of halogens is 1. The maximum atomic E-state index is 13.3. The third-order valence-corrected chi connectivity index (χ3v) is 4.29. The summed E-state index contributed by atoms with van der Waals surface area (Å²) >= 11 is 5.96. The Kier molecular flexibility index (Phi) is 5.87. The van der Waals surface area contributed by atoms with Gasteiger partial charge in [-0.1, -0.05) is 60.1 Å². The topological polar surface area (TPSA) is 67.9 Å². The predicted molar refractivity (Wildman–Crippen MR) is 109 cm³/mol. The molecule has 3 rings (SSSR count). The molecular weight excluding hydrogens is 370 g/mol. The van der Waals surface area contributed by atoms with Crippen molar-refractivity contribution in [1.29, 1.82) is 10.5 Å². The van der Waals surface area contributed by atoms with E-state index in [1.165, 1.54) is 0 Å². The second-order valence-electron chi connectivity index (χ2n) is 5.83. The van der Waals surface area contributed by atoms with Crippen LogP contribution in [0.2, 0.25) is 5.02 Å². The SMILES string of the molecule is N#CC(C#N)=C1C=CC=CN1/C(=C/c1ccc(Cl)cc1)C(=O)c1ccccc1. The molecule has 0 unspecified atom stereocenters. The fourth-order valence-electron chi connectivity index (χ4n) is 2.70. The molecule has 28 heavy (non-hydrogen) atoms. The summed E-state index contributed by atoms with van der Waals surface area (Å²) in [6, 6.07) is 19.7. The molecule has 1 aliphatic heterocycles. The molecule has 134 valence electrons. The first-order valence-corrected chi connectivity index (χ1v) is 8.77. The molecule has 5 heteroatoms. The number of allylic oxidation sites excluding steroid dienone is 5. The van der Waals surface area contributed by atoms with E-state index >= 15 is 0 Å². The Labute approximate surface area is 168 Å². The van der Waals surface area contributed by atoms with Gasteiger partial charge in [-0.15, -0.1) is 0 Å². The maximum Gasteiger partial charge on any atom is 0.209 e. The minimum atomic E-state index is -0.233. The van der Waals surface area contributed by atoms with Gasteiger partial charge in [0, 0.05) is 16.8 Å². The van der Waals surface area contributed by atoms with Gasteiger partial charge in [-0.25, -0.2) is 0 Å². The highest BCUT2D eigenvalue weighted by Gasteiger charge is 2.23. The number of nitriles is 2. The summed E-state index contributed by atoms with van der Waals surface area (Å²) in [4.78, 5) is 14.8. The van der Waals surface area contributed by atoms with Crippen molar-refractivity contribution in [3.05, 3.63) is 112 Å². The third-order valence-electron chi connectivity index (χ3n) is 4.04. The summed E-state index contributed by atoms with van der Waals surface area (Å²) in [6.45, 7) is 0. The highest BCUT2D eigenvalue weighted by molar-refractivity contribution is 6.30. The molecule has 0 saturated heterocycles. The van der Waals surface area contributed by atoms with Crippen LogP contribution in [0.4, 0.5) is 0 Å². The molecular formula is C23H14ClN3O. The minimum Gasteiger partial charge on any atom is -0.312 e. The van der Waals surface area contributed by atoms with Gasteiger partial charge in [0.1, 0.15) is 12.1 Å². The van der Waals surface area contributed by atoms with Gasteiger partial charge in [0.25, 0.3) is 0 Å². The summed E-state index contributed by atoms with van der Waals surface area (Å²) < 4.78 is 0. The molecule has 0 bridgehead atoms. The second kappa shape index (κ2) is 8.68. The zero-order valence-electron chi connectivity index (χ0n) is 14.7. The minimum absolute atomic E-state index is 0.0801. The van der Waals surface area contributed by atoms with E-state index in [0.717, 1.165) is 5.56 Å². The van der Waals surface area contributed by atoms with Gasteiger partial charge < -0.3 is 4.90 Å². The van der Waals surface area contributed by atoms with Crippen LogP contribution >= 0.6 is 11.6 Å². The third kappa shape index (κ3) is 4.10. The van der Waals surface area contributed by atoms with Crippen LogP contribution in [0.1, 0.15) is 15.9 Å². The number of nitrogens with zero attached hydrogens (tertiary/aromatic N) is 3. The zero-order chi connectivity index (χ0) is 19.9. The number of Topliss-reactive ketones (excluding diaryl/α,β-unsaturated/α-hetero) is 1. The average molecular weight is 384 g/mol. The van der Waals surface area contributed by atoms with E-state index in [1.54, 1.807) is 83.9 Å². The predicted octanol–water partition coefficient (Wildman–Crippen LogP) is 5.25. The number of hydrogen-bond donors (Lipinski definition) is 0. The first-order valence-electron chi connectivity index (χ1n) is 8.39. The Morgan fingerprint density at radius 3 is 2.29 bits per heavy atom. The van der Waals surface area contributed by atoms with E-state index in [0.29, 0.717) is 22.0 Å². The average Bonchev–Trinajstić information content (AvgIpc) is 2.75. The van der Waals surface area contributed by atoms with Gasteiger partial charge in [-0.05, 0) is 35.9 Å². The second-order valence-corrected chi connectivity index (χ2v) is 6.27. The first kappa shape index (κ1) is 18.9. The fraction of sp³-hybridized carbons (Fsp3) is 0. The van der Waals surface area contributed by atoms with E-state index in [2.05, 4.69) is 0 Å². The lowest BCUT2D eigenvalue weighted by Gasteiger charge is -2.26. The van der Waals surface area contributed by atoms with Gasteiger partial charge in [0.2, 0.25) is 5.78 Å². The molecule has 0 aromatic heterocycles. The molecule has 0 saturated carbocycles. The summed E-state index contributed by atoms with van der Waals surface area (Å²) in [6.07, 6.45) is 8.46. The van der Waals surface area contributed by atoms with Crippen molar-refractivity contribution in [3.63, 3.8) is 0 Å². The Morgan fingerprint density at radius 2 is 1.64 bits per heavy atom. The molecule has 0 spiro atoms. The van der Waals surface area contributed by atoms with Crippen LogP contribution in [0.15, 0.2) is 96.0 Å². The first-order chi connectivity index (χ1) is 13.6. The number of ketones is 1. The van der Waals surface area contributed by atoms with Crippen LogP contribution in [0.3, 0.4) is 0 Å². The fourth-order valence-corrected chi connectivity index (χ4v) is 2.82. The van der Waals surface area contributed by atoms with Crippen molar-refractivity contribution >= 4 is 23.5 Å². The van der Waals surface area contributed by atoms with Crippen molar-refractivity contribution in [3.8, 4) is 12.1 Å². The van der Waals surface area contributed by atoms with Gasteiger partial charge in [-0.2, -0.15) is 10.5 Å². The van der Waals surface area contributed by atoms with Crippen molar-refractivity contribution in [2.45, 2.75) is 0 Å². The standard InChI is InChI=1S/C23H14ClN3O/c24-20-11-9-17(10-12-20)14-22(23(28)18-6-2-1-3-7-18)27-13-5-4-8-21(27)19(15-25)16-26/h1-14H/b22-14+. The van der Waals surface area contributed by atoms with Crippen LogP contribution in [0.25, 0.3) is 6.08 Å². The van der Waals surface area contributed by atoms with Crippen molar-refractivity contribution < 1.29 is 4.79 Å². The highest BCUT2D eigenvalue weighted by atomic mass is 35.5. The number of benzene rings is 2. The summed E-state index contributed by atoms with van der Waals surface area (Å²) in [5, 5.41) is 19.2. The molecule has 1 heterocycles. The molecule has 2 aromatic carbocycles. The van der Waals surface area contributed by atoms with Gasteiger partial charge in [0.05, 0.1) is 11.4 Å². The molecule has 4 nitrogen and oxygen atoms in total. The highest BCUT2D eigenvalue weighted by Crippen LogP contribution is 2.26. The molecule has 0 radical (unpaired) electrons. The Balaban J connectivity index is 2.17. The molecule has 0 aliphatic carbocycles. The van der Waals surface area contributed by atoms with Crippen LogP contribution in [-0.2, 0) is 0 Å². The lowest BCUT2D eigenvalue weighted by molar-refractivity contribution is 0.101. The number of carbonyl (C=O) groups is 1. The smallest absolute Gasteiger partial charge is 0.209 e. The molecule has 0 atom stereocenters. The van der Waals surface area contributed by atoms with Crippen molar-refractivity contribution in [1.82, 2.24) is 4.90 Å².